The molecule has 5 rings (SSSR count). The number of hydrogen-bond donors (Lipinski definition) is 2. The van der Waals surface area contributed by atoms with Gasteiger partial charge in [-0.1, -0.05) is 6.07 Å². The summed E-state index contributed by atoms with van der Waals surface area (Å²) in [5.74, 6) is 0.949. The van der Waals surface area contributed by atoms with E-state index in [4.69, 9.17) is 0 Å². The Morgan fingerprint density at radius 1 is 1.11 bits per heavy atom. The zero-order valence-corrected chi connectivity index (χ0v) is 15.9. The van der Waals surface area contributed by atoms with E-state index in [9.17, 15) is 18.3 Å². The predicted octanol–water partition coefficient (Wildman–Crippen LogP) is 1.72. The van der Waals surface area contributed by atoms with Gasteiger partial charge in [0.25, 0.3) is 5.91 Å². The number of rotatable bonds is 4. The van der Waals surface area contributed by atoms with Crippen molar-refractivity contribution in [3.05, 3.63) is 54.2 Å². The van der Waals surface area contributed by atoms with Crippen LogP contribution in [0.4, 0.5) is 5.82 Å². The molecular formula is C20H21N3O4S. The third-order valence-electron chi connectivity index (χ3n) is 6.43. The first kappa shape index (κ1) is 17.8. The van der Waals surface area contributed by atoms with Gasteiger partial charge in [-0.3, -0.25) is 4.79 Å². The topological polar surface area (TPSA) is 99.6 Å². The van der Waals surface area contributed by atoms with Gasteiger partial charge < -0.3 is 10.4 Å². The van der Waals surface area contributed by atoms with E-state index in [2.05, 4.69) is 10.3 Å². The van der Waals surface area contributed by atoms with Gasteiger partial charge in [0.15, 0.2) is 0 Å². The summed E-state index contributed by atoms with van der Waals surface area (Å²) in [6.07, 6.45) is 2.86. The molecule has 1 aromatic carbocycles. The molecule has 3 fully saturated rings. The highest BCUT2D eigenvalue weighted by Gasteiger charge is 2.61. The van der Waals surface area contributed by atoms with Crippen molar-refractivity contribution in [3.63, 3.8) is 0 Å². The van der Waals surface area contributed by atoms with Crippen LogP contribution in [0, 0.1) is 17.8 Å². The molecule has 2 N–H and O–H groups in total. The molecule has 1 aromatic heterocycles. The number of pyridine rings is 1. The third kappa shape index (κ3) is 2.67. The molecule has 5 atom stereocenters. The van der Waals surface area contributed by atoms with Crippen molar-refractivity contribution in [2.75, 3.05) is 11.9 Å². The molecule has 0 spiro atoms. The van der Waals surface area contributed by atoms with Crippen LogP contribution >= 0.6 is 0 Å². The number of anilines is 1. The van der Waals surface area contributed by atoms with E-state index in [1.165, 1.54) is 28.6 Å². The van der Waals surface area contributed by atoms with Crippen molar-refractivity contribution in [2.45, 2.75) is 29.9 Å². The van der Waals surface area contributed by atoms with E-state index < -0.39 is 16.1 Å². The molecular weight excluding hydrogens is 378 g/mol. The summed E-state index contributed by atoms with van der Waals surface area (Å²) in [5, 5.41) is 13.2. The number of aromatic nitrogens is 1. The fourth-order valence-electron chi connectivity index (χ4n) is 5.18. The normalized spacial score (nSPS) is 31.2. The van der Waals surface area contributed by atoms with Gasteiger partial charge in [0.05, 0.1) is 17.0 Å². The van der Waals surface area contributed by atoms with Crippen LogP contribution in [0.3, 0.4) is 0 Å². The number of nitrogens with one attached hydrogen (secondary N) is 1. The number of amides is 1. The molecule has 3 aliphatic rings. The van der Waals surface area contributed by atoms with Crippen LogP contribution in [0.15, 0.2) is 53.6 Å². The van der Waals surface area contributed by atoms with E-state index in [1.54, 1.807) is 24.4 Å². The number of nitrogens with zero attached hydrogens (tertiary/aromatic N) is 2. The minimum atomic E-state index is -3.70. The number of sulfonamides is 1. The average Bonchev–Trinajstić information content (AvgIpc) is 3.32. The highest BCUT2D eigenvalue weighted by molar-refractivity contribution is 7.89. The Morgan fingerprint density at radius 2 is 1.89 bits per heavy atom. The Bertz CT molecular complexity index is 1010. The van der Waals surface area contributed by atoms with Crippen molar-refractivity contribution in [2.24, 2.45) is 17.8 Å². The third-order valence-corrected chi connectivity index (χ3v) is 8.31. The summed E-state index contributed by atoms with van der Waals surface area (Å²) >= 11 is 0. The number of aliphatic hydroxyl groups excluding tert-OH is 1. The van der Waals surface area contributed by atoms with Crippen molar-refractivity contribution in [3.8, 4) is 0 Å². The predicted molar refractivity (Wildman–Crippen MR) is 102 cm³/mol. The first-order valence-corrected chi connectivity index (χ1v) is 10.9. The summed E-state index contributed by atoms with van der Waals surface area (Å²) < 4.78 is 27.8. The second kappa shape index (κ2) is 6.37. The van der Waals surface area contributed by atoms with Crippen LogP contribution in [0.2, 0.25) is 0 Å². The molecule has 2 saturated carbocycles. The SMILES string of the molecule is O=C(Nc1ccccn1)c1ccc(S(=O)(=O)N2C[C@@H]3C[C@H]4C[C@H]3[C@H]2[C@H]4O)cc1. The van der Waals surface area contributed by atoms with Crippen LogP contribution in [-0.4, -0.2) is 47.4 Å². The first-order chi connectivity index (χ1) is 13.4. The lowest BCUT2D eigenvalue weighted by molar-refractivity contribution is 0.0731. The molecule has 146 valence electrons. The molecule has 1 saturated heterocycles. The standard InChI is InChI=1S/C20H21N3O4S/c24-19-13-9-14-11-23(18(19)16(14)10-13)28(26,27)15-6-4-12(5-7-15)20(25)22-17-3-1-2-8-21-17/h1-8,13-14,16,18-19,24H,9-11H2,(H,21,22,25)/t13-,14-,16+,18-,19-/m0/s1. The van der Waals surface area contributed by atoms with E-state index in [1.807, 2.05) is 0 Å². The number of carbonyl (C=O) groups excluding carboxylic acids is 1. The van der Waals surface area contributed by atoms with Gasteiger partial charge in [-0.2, -0.15) is 4.31 Å². The molecule has 1 aliphatic heterocycles. The molecule has 0 unspecified atom stereocenters. The first-order valence-electron chi connectivity index (χ1n) is 9.47. The quantitative estimate of drug-likeness (QED) is 0.816. The van der Waals surface area contributed by atoms with Crippen molar-refractivity contribution in [1.29, 1.82) is 0 Å². The fourth-order valence-corrected chi connectivity index (χ4v) is 6.92. The largest absolute Gasteiger partial charge is 0.391 e. The number of carbonyl (C=O) groups is 1. The highest BCUT2D eigenvalue weighted by Crippen LogP contribution is 2.56. The molecule has 1 amide bonds. The van der Waals surface area contributed by atoms with Gasteiger partial charge in [0.1, 0.15) is 5.82 Å². The van der Waals surface area contributed by atoms with Gasteiger partial charge in [0.2, 0.25) is 10.0 Å². The van der Waals surface area contributed by atoms with Gasteiger partial charge in [-0.25, -0.2) is 13.4 Å². The molecule has 8 heteroatoms. The maximum atomic E-state index is 13.2. The smallest absolute Gasteiger partial charge is 0.256 e. The van der Waals surface area contributed by atoms with Gasteiger partial charge in [0, 0.05) is 18.3 Å². The van der Waals surface area contributed by atoms with E-state index >= 15 is 0 Å². The van der Waals surface area contributed by atoms with Crippen molar-refractivity contribution >= 4 is 21.7 Å². The molecule has 2 heterocycles. The second-order valence-corrected chi connectivity index (χ2v) is 9.80. The second-order valence-electron chi connectivity index (χ2n) is 7.90. The van der Waals surface area contributed by atoms with Crippen molar-refractivity contribution in [1.82, 2.24) is 9.29 Å². The Hall–Kier alpha value is -2.29. The molecule has 2 aromatic rings. The average molecular weight is 399 g/mol. The number of fused-ring (bicyclic) bond motifs is 1. The number of aliphatic hydroxyl groups is 1. The molecule has 2 bridgehead atoms. The van der Waals surface area contributed by atoms with E-state index in [-0.39, 0.29) is 28.7 Å². The summed E-state index contributed by atoms with van der Waals surface area (Å²) in [6.45, 7) is 0.479. The monoisotopic (exact) mass is 399 g/mol. The van der Waals surface area contributed by atoms with Crippen LogP contribution in [0.1, 0.15) is 23.2 Å². The Morgan fingerprint density at radius 3 is 2.57 bits per heavy atom. The minimum absolute atomic E-state index is 0.152. The number of benzene rings is 1. The number of hydrogen-bond acceptors (Lipinski definition) is 5. The van der Waals surface area contributed by atoms with E-state index in [0.717, 1.165) is 12.8 Å². The lowest BCUT2D eigenvalue weighted by atomic mass is 9.88. The lowest BCUT2D eigenvalue weighted by Crippen LogP contribution is -2.43. The summed E-state index contributed by atoms with van der Waals surface area (Å²) in [4.78, 5) is 16.5. The summed E-state index contributed by atoms with van der Waals surface area (Å²) in [6, 6.07) is 10.8. The van der Waals surface area contributed by atoms with Crippen LogP contribution < -0.4 is 5.32 Å². The molecule has 7 nitrogen and oxygen atoms in total. The molecule has 2 aliphatic carbocycles. The van der Waals surface area contributed by atoms with Gasteiger partial charge >= 0.3 is 0 Å². The van der Waals surface area contributed by atoms with Crippen molar-refractivity contribution < 1.29 is 18.3 Å². The summed E-state index contributed by atoms with van der Waals surface area (Å²) in [7, 11) is -3.70. The zero-order chi connectivity index (χ0) is 19.5. The van der Waals surface area contributed by atoms with Crippen LogP contribution in [0.5, 0.6) is 0 Å². The maximum Gasteiger partial charge on any atom is 0.256 e. The maximum absolute atomic E-state index is 13.2. The Balaban J connectivity index is 1.36. The lowest BCUT2D eigenvalue weighted by Gasteiger charge is -2.28. The van der Waals surface area contributed by atoms with Gasteiger partial charge in [-0.15, -0.1) is 0 Å². The summed E-state index contributed by atoms with van der Waals surface area (Å²) in [5.41, 5.74) is 0.354. The van der Waals surface area contributed by atoms with E-state index in [0.29, 0.717) is 23.8 Å². The fraction of sp³-hybridized carbons (Fsp3) is 0.400. The Kier molecular flexibility index (Phi) is 4.04. The highest BCUT2D eigenvalue weighted by atomic mass is 32.2. The minimum Gasteiger partial charge on any atom is -0.391 e. The zero-order valence-electron chi connectivity index (χ0n) is 15.1. The van der Waals surface area contributed by atoms with Gasteiger partial charge in [-0.05, 0) is 67.0 Å². The van der Waals surface area contributed by atoms with Crippen LogP contribution in [0.25, 0.3) is 0 Å². The molecule has 0 radical (unpaired) electrons. The van der Waals surface area contributed by atoms with Crippen LogP contribution in [-0.2, 0) is 10.0 Å². The molecule has 28 heavy (non-hydrogen) atoms. The Labute approximate surface area is 163 Å².